The minimum atomic E-state index is -0.416. The second kappa shape index (κ2) is 7.75. The number of fused-ring (bicyclic) bond motifs is 1. The molecule has 160 valence electrons. The van der Waals surface area contributed by atoms with Gasteiger partial charge in [0.2, 0.25) is 0 Å². The summed E-state index contributed by atoms with van der Waals surface area (Å²) in [7, 11) is 0. The predicted molar refractivity (Wildman–Crippen MR) is 124 cm³/mol. The van der Waals surface area contributed by atoms with Crippen LogP contribution in [0.4, 0.5) is 15.8 Å². The molecular formula is C27H23FN2O2. The van der Waals surface area contributed by atoms with E-state index in [9.17, 15) is 14.0 Å². The maximum absolute atomic E-state index is 13.8. The molecule has 0 N–H and O–H groups in total. The maximum atomic E-state index is 13.8. The third-order valence-electron chi connectivity index (χ3n) is 6.32. The van der Waals surface area contributed by atoms with Crippen LogP contribution in [-0.2, 0) is 16.0 Å². The van der Waals surface area contributed by atoms with Gasteiger partial charge in [-0.3, -0.25) is 9.59 Å². The van der Waals surface area contributed by atoms with Gasteiger partial charge in [-0.1, -0.05) is 36.4 Å². The Bertz CT molecular complexity index is 1280. The van der Waals surface area contributed by atoms with Gasteiger partial charge in [-0.15, -0.1) is 0 Å². The Labute approximate surface area is 186 Å². The number of rotatable bonds is 3. The number of halogens is 1. The molecule has 0 fully saturated rings. The molecule has 0 aliphatic carbocycles. The van der Waals surface area contributed by atoms with E-state index >= 15 is 0 Å². The fourth-order valence-corrected chi connectivity index (χ4v) is 4.52. The van der Waals surface area contributed by atoms with Crippen molar-refractivity contribution in [3.05, 3.63) is 100 Å². The normalized spacial score (nSPS) is 16.1. The Kier molecular flexibility index (Phi) is 4.89. The lowest BCUT2D eigenvalue weighted by Crippen LogP contribution is -2.37. The summed E-state index contributed by atoms with van der Waals surface area (Å²) in [5, 5.41) is 0. The van der Waals surface area contributed by atoms with Gasteiger partial charge in [-0.2, -0.15) is 0 Å². The van der Waals surface area contributed by atoms with Gasteiger partial charge in [0.25, 0.3) is 11.8 Å². The van der Waals surface area contributed by atoms with Gasteiger partial charge < -0.3 is 4.90 Å². The fourth-order valence-electron chi connectivity index (χ4n) is 4.52. The van der Waals surface area contributed by atoms with Gasteiger partial charge in [0.05, 0.1) is 11.3 Å². The SMILES string of the molecule is Cc1ccc(C2=C(N3CCCc4ccccc43)C(=O)N(c3ccc(F)cc3)C2=O)cc1C. The molecule has 0 saturated carbocycles. The summed E-state index contributed by atoms with van der Waals surface area (Å²) in [6, 6.07) is 19.3. The minimum absolute atomic E-state index is 0.364. The third kappa shape index (κ3) is 3.21. The number of hydrogen-bond acceptors (Lipinski definition) is 3. The van der Waals surface area contributed by atoms with Crippen LogP contribution in [-0.4, -0.2) is 18.4 Å². The number of anilines is 2. The van der Waals surface area contributed by atoms with Crippen molar-refractivity contribution in [2.75, 3.05) is 16.3 Å². The molecule has 5 rings (SSSR count). The lowest BCUT2D eigenvalue weighted by molar-refractivity contribution is -0.120. The highest BCUT2D eigenvalue weighted by Crippen LogP contribution is 2.39. The molecule has 0 spiro atoms. The number of aryl methyl sites for hydroxylation is 3. The molecular weight excluding hydrogens is 403 g/mol. The minimum Gasteiger partial charge on any atom is -0.336 e. The Morgan fingerprint density at radius 3 is 2.34 bits per heavy atom. The molecule has 0 saturated heterocycles. The van der Waals surface area contributed by atoms with E-state index in [4.69, 9.17) is 0 Å². The van der Waals surface area contributed by atoms with Crippen LogP contribution in [0.5, 0.6) is 0 Å². The standard InChI is InChI=1S/C27H23FN2O2/c1-17-9-10-20(16-18(17)2)24-25(29-15-5-7-19-6-3-4-8-23(19)29)27(32)30(26(24)31)22-13-11-21(28)12-14-22/h3-4,6,8-14,16H,5,7,15H2,1-2H3. The summed E-state index contributed by atoms with van der Waals surface area (Å²) in [4.78, 5) is 30.6. The first-order valence-electron chi connectivity index (χ1n) is 10.8. The molecule has 0 bridgehead atoms. The molecule has 5 heteroatoms. The number of imide groups is 1. The van der Waals surface area contributed by atoms with E-state index < -0.39 is 5.82 Å². The Morgan fingerprint density at radius 2 is 1.59 bits per heavy atom. The van der Waals surface area contributed by atoms with Gasteiger partial charge in [0, 0.05) is 12.2 Å². The van der Waals surface area contributed by atoms with E-state index in [0.29, 0.717) is 29.1 Å². The van der Waals surface area contributed by atoms with Crippen LogP contribution < -0.4 is 9.80 Å². The van der Waals surface area contributed by atoms with Crippen LogP contribution in [0.3, 0.4) is 0 Å². The predicted octanol–water partition coefficient (Wildman–Crippen LogP) is 5.18. The van der Waals surface area contributed by atoms with Crippen LogP contribution in [0.2, 0.25) is 0 Å². The van der Waals surface area contributed by atoms with Crippen LogP contribution in [0.1, 0.15) is 28.7 Å². The molecule has 2 amide bonds. The lowest BCUT2D eigenvalue weighted by Gasteiger charge is -2.32. The quantitative estimate of drug-likeness (QED) is 0.542. The topological polar surface area (TPSA) is 40.6 Å². The number of para-hydroxylation sites is 1. The summed E-state index contributed by atoms with van der Waals surface area (Å²) < 4.78 is 13.5. The van der Waals surface area contributed by atoms with Crippen LogP contribution in [0, 0.1) is 19.7 Å². The van der Waals surface area contributed by atoms with Crippen LogP contribution >= 0.6 is 0 Å². The molecule has 0 radical (unpaired) electrons. The Balaban J connectivity index is 1.71. The van der Waals surface area contributed by atoms with Gasteiger partial charge in [0.1, 0.15) is 11.5 Å². The highest BCUT2D eigenvalue weighted by atomic mass is 19.1. The molecule has 3 aromatic rings. The average Bonchev–Trinajstić information content (AvgIpc) is 3.06. The zero-order valence-electron chi connectivity index (χ0n) is 18.1. The van der Waals surface area contributed by atoms with Crippen molar-refractivity contribution >= 4 is 28.8 Å². The van der Waals surface area contributed by atoms with E-state index in [1.807, 2.05) is 55.1 Å². The van der Waals surface area contributed by atoms with Crippen molar-refractivity contribution in [1.82, 2.24) is 0 Å². The van der Waals surface area contributed by atoms with Gasteiger partial charge in [-0.05, 0) is 79.3 Å². The summed E-state index contributed by atoms with van der Waals surface area (Å²) in [5.74, 6) is -1.19. The van der Waals surface area contributed by atoms with E-state index in [0.717, 1.165) is 40.1 Å². The summed E-state index contributed by atoms with van der Waals surface area (Å²) in [5.41, 5.74) is 6.13. The first-order valence-corrected chi connectivity index (χ1v) is 10.8. The molecule has 0 unspecified atom stereocenters. The van der Waals surface area contributed by atoms with Crippen molar-refractivity contribution < 1.29 is 14.0 Å². The second-order valence-corrected chi connectivity index (χ2v) is 8.33. The van der Waals surface area contributed by atoms with E-state index in [2.05, 4.69) is 6.07 Å². The molecule has 4 nitrogen and oxygen atoms in total. The fraction of sp³-hybridized carbons (Fsp3) is 0.185. The molecule has 32 heavy (non-hydrogen) atoms. The van der Waals surface area contributed by atoms with Crippen molar-refractivity contribution in [2.24, 2.45) is 0 Å². The first-order chi connectivity index (χ1) is 15.5. The van der Waals surface area contributed by atoms with Gasteiger partial charge >= 0.3 is 0 Å². The van der Waals surface area contributed by atoms with Crippen molar-refractivity contribution in [3.63, 3.8) is 0 Å². The summed E-state index contributed by atoms with van der Waals surface area (Å²) in [6.45, 7) is 4.66. The third-order valence-corrected chi connectivity index (χ3v) is 6.32. The van der Waals surface area contributed by atoms with Crippen molar-refractivity contribution in [3.8, 4) is 0 Å². The molecule has 3 aromatic carbocycles. The summed E-state index contributed by atoms with van der Waals surface area (Å²) >= 11 is 0. The highest BCUT2D eigenvalue weighted by Gasteiger charge is 2.43. The number of benzene rings is 3. The van der Waals surface area contributed by atoms with Crippen molar-refractivity contribution in [1.29, 1.82) is 0 Å². The average molecular weight is 426 g/mol. The van der Waals surface area contributed by atoms with E-state index in [-0.39, 0.29) is 11.8 Å². The van der Waals surface area contributed by atoms with Crippen LogP contribution in [0.25, 0.3) is 5.57 Å². The van der Waals surface area contributed by atoms with E-state index in [1.165, 1.54) is 24.3 Å². The number of amides is 2. The van der Waals surface area contributed by atoms with Gasteiger partial charge in [0.15, 0.2) is 0 Å². The monoisotopic (exact) mass is 426 g/mol. The zero-order chi connectivity index (χ0) is 22.4. The number of hydrogen-bond donors (Lipinski definition) is 0. The smallest absolute Gasteiger partial charge is 0.282 e. The largest absolute Gasteiger partial charge is 0.336 e. The summed E-state index contributed by atoms with van der Waals surface area (Å²) in [6.07, 6.45) is 1.82. The Morgan fingerprint density at radius 1 is 0.844 bits per heavy atom. The zero-order valence-corrected chi connectivity index (χ0v) is 18.1. The van der Waals surface area contributed by atoms with Crippen molar-refractivity contribution in [2.45, 2.75) is 26.7 Å². The maximum Gasteiger partial charge on any atom is 0.282 e. The number of carbonyl (C=O) groups excluding carboxylic acids is 2. The molecule has 2 heterocycles. The molecule has 2 aliphatic rings. The van der Waals surface area contributed by atoms with Crippen LogP contribution in [0.15, 0.2) is 72.4 Å². The number of carbonyl (C=O) groups is 2. The second-order valence-electron chi connectivity index (χ2n) is 8.33. The highest BCUT2D eigenvalue weighted by molar-refractivity contribution is 6.46. The molecule has 2 aliphatic heterocycles. The molecule has 0 aromatic heterocycles. The van der Waals surface area contributed by atoms with E-state index in [1.54, 1.807) is 0 Å². The van der Waals surface area contributed by atoms with Gasteiger partial charge in [-0.25, -0.2) is 9.29 Å². The molecule has 0 atom stereocenters. The first kappa shape index (κ1) is 20.2. The lowest BCUT2D eigenvalue weighted by atomic mass is 9.97. The Hall–Kier alpha value is -3.73. The number of nitrogens with zero attached hydrogens (tertiary/aromatic N) is 2.